The number of carbonyl (C=O) groups excluding carboxylic acids is 1. The second kappa shape index (κ2) is 5.58. The summed E-state index contributed by atoms with van der Waals surface area (Å²) >= 11 is 0. The summed E-state index contributed by atoms with van der Waals surface area (Å²) in [5.74, 6) is -4.55. The van der Waals surface area contributed by atoms with E-state index < -0.39 is 34.8 Å². The van der Waals surface area contributed by atoms with Crippen LogP contribution < -0.4 is 11.1 Å². The summed E-state index contributed by atoms with van der Waals surface area (Å²) in [6.45, 7) is 0. The molecular weight excluding hydrogens is 282 g/mol. The van der Waals surface area contributed by atoms with Gasteiger partial charge in [0, 0.05) is 17.3 Å². The highest BCUT2D eigenvalue weighted by molar-refractivity contribution is 6.05. The van der Waals surface area contributed by atoms with E-state index in [0.29, 0.717) is 11.8 Å². The Kier molecular flexibility index (Phi) is 3.84. The first-order valence-electron chi connectivity index (χ1n) is 5.77. The van der Waals surface area contributed by atoms with E-state index in [9.17, 15) is 18.4 Å². The van der Waals surface area contributed by atoms with Gasteiger partial charge >= 0.3 is 5.97 Å². The molecular formula is C14H10F2N2O3. The zero-order valence-corrected chi connectivity index (χ0v) is 10.6. The van der Waals surface area contributed by atoms with Gasteiger partial charge in [0.1, 0.15) is 11.6 Å². The lowest BCUT2D eigenvalue weighted by molar-refractivity contribution is 0.0691. The Balaban J connectivity index is 2.33. The van der Waals surface area contributed by atoms with Crippen molar-refractivity contribution in [3.8, 4) is 0 Å². The lowest BCUT2D eigenvalue weighted by atomic mass is 10.1. The molecule has 0 aliphatic rings. The minimum absolute atomic E-state index is 0.163. The van der Waals surface area contributed by atoms with E-state index in [1.54, 1.807) is 6.07 Å². The molecule has 2 aromatic carbocycles. The standard InChI is InChI=1S/C14H10F2N2O3/c15-10-6-11(16)12(5-9(10)14(20)21)18-13(19)7-2-1-3-8(17)4-7/h1-6H,17H2,(H,18,19)(H,20,21). The van der Waals surface area contributed by atoms with Crippen LogP contribution in [0.2, 0.25) is 0 Å². The molecule has 0 aromatic heterocycles. The van der Waals surface area contributed by atoms with Crippen LogP contribution in [-0.4, -0.2) is 17.0 Å². The van der Waals surface area contributed by atoms with Gasteiger partial charge in [0.15, 0.2) is 0 Å². The van der Waals surface area contributed by atoms with Crippen LogP contribution in [0.4, 0.5) is 20.2 Å². The number of carbonyl (C=O) groups is 2. The molecule has 0 aliphatic heterocycles. The van der Waals surface area contributed by atoms with Crippen LogP contribution in [-0.2, 0) is 0 Å². The summed E-state index contributed by atoms with van der Waals surface area (Å²) in [5.41, 5.74) is 4.86. The van der Waals surface area contributed by atoms with E-state index in [1.807, 2.05) is 0 Å². The topological polar surface area (TPSA) is 92.4 Å². The van der Waals surface area contributed by atoms with Crippen molar-refractivity contribution in [2.45, 2.75) is 0 Å². The normalized spacial score (nSPS) is 10.2. The van der Waals surface area contributed by atoms with Crippen molar-refractivity contribution < 1.29 is 23.5 Å². The first kappa shape index (κ1) is 14.4. The second-order valence-electron chi connectivity index (χ2n) is 4.20. The molecule has 0 atom stereocenters. The largest absolute Gasteiger partial charge is 0.478 e. The summed E-state index contributed by atoms with van der Waals surface area (Å²) in [4.78, 5) is 22.7. The third-order valence-corrected chi connectivity index (χ3v) is 2.68. The smallest absolute Gasteiger partial charge is 0.338 e. The number of carboxylic acids is 1. The van der Waals surface area contributed by atoms with E-state index in [0.717, 1.165) is 6.07 Å². The molecule has 1 amide bonds. The first-order chi connectivity index (χ1) is 9.88. The maximum atomic E-state index is 13.6. The summed E-state index contributed by atoms with van der Waals surface area (Å²) in [6.07, 6.45) is 0. The van der Waals surface area contributed by atoms with Crippen LogP contribution >= 0.6 is 0 Å². The average Bonchev–Trinajstić information content (AvgIpc) is 2.41. The van der Waals surface area contributed by atoms with Crippen molar-refractivity contribution in [1.29, 1.82) is 0 Å². The van der Waals surface area contributed by atoms with Gasteiger partial charge in [-0.15, -0.1) is 0 Å². The molecule has 0 aliphatic carbocycles. The van der Waals surface area contributed by atoms with Gasteiger partial charge in [0.2, 0.25) is 0 Å². The third kappa shape index (κ3) is 3.14. The molecule has 0 unspecified atom stereocenters. The van der Waals surface area contributed by atoms with E-state index in [4.69, 9.17) is 10.8 Å². The summed E-state index contributed by atoms with van der Waals surface area (Å²) in [7, 11) is 0. The van der Waals surface area contributed by atoms with Gasteiger partial charge in [-0.1, -0.05) is 6.07 Å². The molecule has 0 radical (unpaired) electrons. The number of anilines is 2. The van der Waals surface area contributed by atoms with Crippen molar-refractivity contribution >= 4 is 23.3 Å². The van der Waals surface area contributed by atoms with Crippen molar-refractivity contribution in [3.63, 3.8) is 0 Å². The van der Waals surface area contributed by atoms with Gasteiger partial charge in [0.05, 0.1) is 11.3 Å². The molecule has 0 saturated carbocycles. The zero-order valence-electron chi connectivity index (χ0n) is 10.6. The Hall–Kier alpha value is -2.96. The number of hydrogen-bond acceptors (Lipinski definition) is 3. The maximum Gasteiger partial charge on any atom is 0.338 e. The van der Waals surface area contributed by atoms with E-state index in [1.165, 1.54) is 18.2 Å². The SMILES string of the molecule is Nc1cccc(C(=O)Nc2cc(C(=O)O)c(F)cc2F)c1. The molecule has 21 heavy (non-hydrogen) atoms. The van der Waals surface area contributed by atoms with Crippen LogP contribution in [0.5, 0.6) is 0 Å². The van der Waals surface area contributed by atoms with Gasteiger partial charge in [-0.05, 0) is 24.3 Å². The van der Waals surface area contributed by atoms with Crippen LogP contribution in [0.15, 0.2) is 36.4 Å². The van der Waals surface area contributed by atoms with E-state index in [-0.39, 0.29) is 5.56 Å². The fourth-order valence-corrected chi connectivity index (χ4v) is 1.68. The predicted octanol–water partition coefficient (Wildman–Crippen LogP) is 2.50. The number of aromatic carboxylic acids is 1. The van der Waals surface area contributed by atoms with Crippen molar-refractivity contribution in [2.75, 3.05) is 11.1 Å². The molecule has 7 heteroatoms. The van der Waals surface area contributed by atoms with Crippen LogP contribution in [0.25, 0.3) is 0 Å². The quantitative estimate of drug-likeness (QED) is 0.758. The number of nitrogen functional groups attached to an aromatic ring is 1. The predicted molar refractivity (Wildman–Crippen MR) is 72.1 cm³/mol. The summed E-state index contributed by atoms with van der Waals surface area (Å²) < 4.78 is 26.8. The fourth-order valence-electron chi connectivity index (χ4n) is 1.68. The van der Waals surface area contributed by atoms with E-state index in [2.05, 4.69) is 5.32 Å². The Morgan fingerprint density at radius 3 is 2.43 bits per heavy atom. The van der Waals surface area contributed by atoms with Crippen LogP contribution in [0.3, 0.4) is 0 Å². The molecule has 0 spiro atoms. The van der Waals surface area contributed by atoms with Crippen molar-refractivity contribution in [3.05, 3.63) is 59.2 Å². The number of amides is 1. The van der Waals surface area contributed by atoms with Gasteiger partial charge < -0.3 is 16.2 Å². The highest BCUT2D eigenvalue weighted by Crippen LogP contribution is 2.20. The van der Waals surface area contributed by atoms with Crippen molar-refractivity contribution in [1.82, 2.24) is 0 Å². The second-order valence-corrected chi connectivity index (χ2v) is 4.20. The maximum absolute atomic E-state index is 13.6. The molecule has 2 aromatic rings. The van der Waals surface area contributed by atoms with E-state index >= 15 is 0 Å². The van der Waals surface area contributed by atoms with Gasteiger partial charge in [-0.3, -0.25) is 4.79 Å². The highest BCUT2D eigenvalue weighted by atomic mass is 19.1. The molecule has 108 valence electrons. The minimum atomic E-state index is -1.56. The number of hydrogen-bond donors (Lipinski definition) is 3. The van der Waals surface area contributed by atoms with Gasteiger partial charge in [0.25, 0.3) is 5.91 Å². The lowest BCUT2D eigenvalue weighted by Gasteiger charge is -2.08. The molecule has 0 fully saturated rings. The number of nitrogens with one attached hydrogen (secondary N) is 1. The number of nitrogens with two attached hydrogens (primary N) is 1. The Morgan fingerprint density at radius 2 is 1.81 bits per heavy atom. The summed E-state index contributed by atoms with van der Waals surface area (Å²) in [5, 5.41) is 11.0. The minimum Gasteiger partial charge on any atom is -0.478 e. The Labute approximate surface area is 118 Å². The molecule has 4 N–H and O–H groups in total. The first-order valence-corrected chi connectivity index (χ1v) is 5.77. The number of halogens is 2. The Bertz CT molecular complexity index is 732. The number of rotatable bonds is 3. The van der Waals surface area contributed by atoms with Crippen LogP contribution in [0.1, 0.15) is 20.7 Å². The molecule has 0 heterocycles. The third-order valence-electron chi connectivity index (χ3n) is 2.68. The molecule has 0 saturated heterocycles. The lowest BCUT2D eigenvalue weighted by Crippen LogP contribution is -2.14. The molecule has 0 bridgehead atoms. The van der Waals surface area contributed by atoms with Crippen LogP contribution in [0, 0.1) is 11.6 Å². The molecule has 2 rings (SSSR count). The Morgan fingerprint density at radius 1 is 1.10 bits per heavy atom. The number of carboxylic acid groups (broad SMARTS) is 1. The summed E-state index contributed by atoms with van der Waals surface area (Å²) in [6, 6.07) is 7.04. The highest BCUT2D eigenvalue weighted by Gasteiger charge is 2.17. The average molecular weight is 292 g/mol. The fraction of sp³-hybridized carbons (Fsp3) is 0. The van der Waals surface area contributed by atoms with Gasteiger partial charge in [-0.25, -0.2) is 13.6 Å². The molecule has 5 nitrogen and oxygen atoms in total. The van der Waals surface area contributed by atoms with Gasteiger partial charge in [-0.2, -0.15) is 0 Å². The number of benzene rings is 2. The van der Waals surface area contributed by atoms with Crippen molar-refractivity contribution in [2.24, 2.45) is 0 Å². The monoisotopic (exact) mass is 292 g/mol. The zero-order chi connectivity index (χ0) is 15.6.